The largest absolute Gasteiger partial charge is 0.385 e. The zero-order valence-corrected chi connectivity index (χ0v) is 8.20. The summed E-state index contributed by atoms with van der Waals surface area (Å²) < 4.78 is 1.86. The lowest BCUT2D eigenvalue weighted by Crippen LogP contribution is -2.39. The van der Waals surface area contributed by atoms with E-state index in [0.717, 1.165) is 24.9 Å². The normalized spacial score (nSPS) is 33.0. The van der Waals surface area contributed by atoms with Gasteiger partial charge in [-0.25, -0.2) is 0 Å². The predicted octanol–water partition coefficient (Wildman–Crippen LogP) is 1.52. The van der Waals surface area contributed by atoms with Crippen LogP contribution in [0.1, 0.15) is 32.3 Å². The molecule has 1 heterocycles. The molecule has 1 aliphatic carbocycles. The van der Waals surface area contributed by atoms with Gasteiger partial charge >= 0.3 is 0 Å². The highest BCUT2D eigenvalue weighted by Crippen LogP contribution is 2.44. The van der Waals surface area contributed by atoms with Crippen LogP contribution in [0.25, 0.3) is 0 Å². The molecule has 0 atom stereocenters. The molecule has 1 saturated carbocycles. The van der Waals surface area contributed by atoms with Gasteiger partial charge in [0.25, 0.3) is 0 Å². The molecule has 0 unspecified atom stereocenters. The van der Waals surface area contributed by atoms with Gasteiger partial charge in [0, 0.05) is 18.3 Å². The first-order valence-corrected chi connectivity index (χ1v) is 4.89. The van der Waals surface area contributed by atoms with Crippen molar-refractivity contribution in [1.82, 2.24) is 9.78 Å². The third-order valence-corrected chi connectivity index (χ3v) is 2.87. The fourth-order valence-electron chi connectivity index (χ4n) is 2.11. The Morgan fingerprint density at radius 1 is 1.69 bits per heavy atom. The SMILES string of the molecule is CCn1cc(C2(O)CC(C)C2)cn1. The van der Waals surface area contributed by atoms with Gasteiger partial charge < -0.3 is 5.11 Å². The molecule has 13 heavy (non-hydrogen) atoms. The number of nitrogens with zero attached hydrogens (tertiary/aromatic N) is 2. The van der Waals surface area contributed by atoms with Crippen LogP contribution in [0.3, 0.4) is 0 Å². The monoisotopic (exact) mass is 180 g/mol. The van der Waals surface area contributed by atoms with Crippen molar-refractivity contribution in [2.45, 2.75) is 38.8 Å². The van der Waals surface area contributed by atoms with Crippen LogP contribution < -0.4 is 0 Å². The average molecular weight is 180 g/mol. The summed E-state index contributed by atoms with van der Waals surface area (Å²) in [5, 5.41) is 14.3. The summed E-state index contributed by atoms with van der Waals surface area (Å²) in [4.78, 5) is 0. The summed E-state index contributed by atoms with van der Waals surface area (Å²) in [6, 6.07) is 0. The van der Waals surface area contributed by atoms with Crippen LogP contribution >= 0.6 is 0 Å². The minimum atomic E-state index is -0.577. The first-order chi connectivity index (χ1) is 6.14. The molecule has 1 aliphatic rings. The maximum absolute atomic E-state index is 10.1. The second kappa shape index (κ2) is 2.84. The molecule has 3 heteroatoms. The van der Waals surface area contributed by atoms with Gasteiger partial charge in [-0.2, -0.15) is 5.10 Å². The van der Waals surface area contributed by atoms with Crippen LogP contribution in [0.5, 0.6) is 0 Å². The van der Waals surface area contributed by atoms with E-state index >= 15 is 0 Å². The van der Waals surface area contributed by atoms with Crippen molar-refractivity contribution in [2.24, 2.45) is 5.92 Å². The molecule has 2 rings (SSSR count). The molecule has 1 fully saturated rings. The van der Waals surface area contributed by atoms with Crippen molar-refractivity contribution >= 4 is 0 Å². The number of hydrogen-bond acceptors (Lipinski definition) is 2. The molecule has 0 aliphatic heterocycles. The lowest BCUT2D eigenvalue weighted by Gasteiger charge is -2.41. The fourth-order valence-corrected chi connectivity index (χ4v) is 2.11. The van der Waals surface area contributed by atoms with Gasteiger partial charge in [0.1, 0.15) is 0 Å². The molecule has 0 radical (unpaired) electrons. The zero-order chi connectivity index (χ0) is 9.47. The first kappa shape index (κ1) is 8.75. The summed E-state index contributed by atoms with van der Waals surface area (Å²) >= 11 is 0. The van der Waals surface area contributed by atoms with Gasteiger partial charge in [0.05, 0.1) is 11.8 Å². The van der Waals surface area contributed by atoms with Crippen LogP contribution in [-0.4, -0.2) is 14.9 Å². The molecular weight excluding hydrogens is 164 g/mol. The lowest BCUT2D eigenvalue weighted by atomic mass is 9.69. The Bertz CT molecular complexity index is 300. The Balaban J connectivity index is 2.16. The highest BCUT2D eigenvalue weighted by Gasteiger charge is 2.42. The molecule has 0 bridgehead atoms. The molecule has 3 nitrogen and oxygen atoms in total. The summed E-state index contributed by atoms with van der Waals surface area (Å²) in [5.74, 6) is 0.648. The summed E-state index contributed by atoms with van der Waals surface area (Å²) in [6.45, 7) is 5.08. The maximum atomic E-state index is 10.1. The topological polar surface area (TPSA) is 38.0 Å². The van der Waals surface area contributed by atoms with Crippen LogP contribution in [0, 0.1) is 5.92 Å². The minimum absolute atomic E-state index is 0.577. The van der Waals surface area contributed by atoms with Gasteiger partial charge in [0.2, 0.25) is 0 Å². The first-order valence-electron chi connectivity index (χ1n) is 4.89. The third kappa shape index (κ3) is 1.37. The van der Waals surface area contributed by atoms with Crippen LogP contribution in [0.15, 0.2) is 12.4 Å². The Labute approximate surface area is 78.4 Å². The second-order valence-corrected chi connectivity index (χ2v) is 4.13. The summed E-state index contributed by atoms with van der Waals surface area (Å²) in [5.41, 5.74) is 0.403. The Hall–Kier alpha value is -0.830. The van der Waals surface area contributed by atoms with Gasteiger partial charge in [-0.05, 0) is 25.7 Å². The van der Waals surface area contributed by atoms with Crippen molar-refractivity contribution in [2.75, 3.05) is 0 Å². The highest BCUT2D eigenvalue weighted by atomic mass is 16.3. The van der Waals surface area contributed by atoms with Crippen molar-refractivity contribution < 1.29 is 5.11 Å². The quantitative estimate of drug-likeness (QED) is 0.749. The summed E-state index contributed by atoms with van der Waals surface area (Å²) in [7, 11) is 0. The van der Waals surface area contributed by atoms with E-state index in [1.165, 1.54) is 0 Å². The minimum Gasteiger partial charge on any atom is -0.385 e. The van der Waals surface area contributed by atoms with Crippen LogP contribution in [0.2, 0.25) is 0 Å². The molecule has 1 aromatic heterocycles. The summed E-state index contributed by atoms with van der Waals surface area (Å²) in [6.07, 6.45) is 5.49. The van der Waals surface area contributed by atoms with E-state index in [2.05, 4.69) is 12.0 Å². The maximum Gasteiger partial charge on any atom is 0.0932 e. The zero-order valence-electron chi connectivity index (χ0n) is 8.20. The standard InChI is InChI=1S/C10H16N2O/c1-3-12-7-9(6-11-12)10(13)4-8(2)5-10/h6-8,13H,3-5H2,1-2H3. The molecule has 0 saturated heterocycles. The van der Waals surface area contributed by atoms with Crippen molar-refractivity contribution in [3.8, 4) is 0 Å². The smallest absolute Gasteiger partial charge is 0.0932 e. The van der Waals surface area contributed by atoms with E-state index in [0.29, 0.717) is 5.92 Å². The number of hydrogen-bond donors (Lipinski definition) is 1. The second-order valence-electron chi connectivity index (χ2n) is 4.13. The molecular formula is C10H16N2O. The van der Waals surface area contributed by atoms with E-state index in [-0.39, 0.29) is 0 Å². The fraction of sp³-hybridized carbons (Fsp3) is 0.700. The number of aliphatic hydroxyl groups is 1. The Morgan fingerprint density at radius 3 is 2.85 bits per heavy atom. The van der Waals surface area contributed by atoms with Crippen molar-refractivity contribution in [1.29, 1.82) is 0 Å². The van der Waals surface area contributed by atoms with Gasteiger partial charge in [-0.1, -0.05) is 6.92 Å². The number of aryl methyl sites for hydroxylation is 1. The number of aromatic nitrogens is 2. The van der Waals surface area contributed by atoms with E-state index in [1.54, 1.807) is 6.20 Å². The molecule has 72 valence electrons. The van der Waals surface area contributed by atoms with Gasteiger partial charge in [0.15, 0.2) is 0 Å². The van der Waals surface area contributed by atoms with Crippen LogP contribution in [-0.2, 0) is 12.1 Å². The molecule has 1 aromatic rings. The molecule has 0 spiro atoms. The molecule has 0 aromatic carbocycles. The van der Waals surface area contributed by atoms with Gasteiger partial charge in [-0.15, -0.1) is 0 Å². The number of rotatable bonds is 2. The van der Waals surface area contributed by atoms with E-state index in [1.807, 2.05) is 17.8 Å². The van der Waals surface area contributed by atoms with Gasteiger partial charge in [-0.3, -0.25) is 4.68 Å². The molecule has 1 N–H and O–H groups in total. The van der Waals surface area contributed by atoms with Crippen molar-refractivity contribution in [3.05, 3.63) is 18.0 Å². The predicted molar refractivity (Wildman–Crippen MR) is 50.2 cm³/mol. The molecule has 0 amide bonds. The average Bonchev–Trinajstić information content (AvgIpc) is 2.49. The highest BCUT2D eigenvalue weighted by molar-refractivity contribution is 5.19. The Morgan fingerprint density at radius 2 is 2.38 bits per heavy atom. The lowest BCUT2D eigenvalue weighted by molar-refractivity contribution is -0.0739. The van der Waals surface area contributed by atoms with E-state index < -0.39 is 5.60 Å². The van der Waals surface area contributed by atoms with E-state index in [4.69, 9.17) is 0 Å². The van der Waals surface area contributed by atoms with E-state index in [9.17, 15) is 5.11 Å². The van der Waals surface area contributed by atoms with Crippen molar-refractivity contribution in [3.63, 3.8) is 0 Å². The Kier molecular flexibility index (Phi) is 1.91. The van der Waals surface area contributed by atoms with Crippen LogP contribution in [0.4, 0.5) is 0 Å². The third-order valence-electron chi connectivity index (χ3n) is 2.87.